The molecule has 0 saturated carbocycles. The molecule has 0 unspecified atom stereocenters. The Labute approximate surface area is 182 Å². The minimum atomic E-state index is 0.839. The van der Waals surface area contributed by atoms with Crippen LogP contribution in [0.15, 0.2) is 97.1 Å². The lowest BCUT2D eigenvalue weighted by atomic mass is 10.0. The van der Waals surface area contributed by atoms with E-state index in [9.17, 15) is 0 Å². The van der Waals surface area contributed by atoms with Gasteiger partial charge in [0, 0.05) is 18.7 Å². The van der Waals surface area contributed by atoms with Gasteiger partial charge in [-0.05, 0) is 52.9 Å². The van der Waals surface area contributed by atoms with Crippen LogP contribution < -0.4 is 5.32 Å². The van der Waals surface area contributed by atoms with Crippen molar-refractivity contribution in [2.24, 2.45) is 0 Å². The maximum Gasteiger partial charge on any atom is 0.138 e. The van der Waals surface area contributed by atoms with Crippen LogP contribution >= 0.6 is 0 Å². The van der Waals surface area contributed by atoms with E-state index in [-0.39, 0.29) is 0 Å². The number of hydrogen-bond donors (Lipinski definition) is 2. The van der Waals surface area contributed by atoms with Gasteiger partial charge in [0.05, 0.1) is 11.0 Å². The summed E-state index contributed by atoms with van der Waals surface area (Å²) < 4.78 is 0. The molecule has 5 rings (SSSR count). The summed E-state index contributed by atoms with van der Waals surface area (Å²) in [7, 11) is 0. The molecule has 0 aliphatic carbocycles. The molecule has 2 N–H and O–H groups in total. The number of aromatic nitrogens is 2. The van der Waals surface area contributed by atoms with E-state index in [1.54, 1.807) is 0 Å². The number of aromatic amines is 1. The Morgan fingerprint density at radius 2 is 1.35 bits per heavy atom. The molecule has 5 aromatic rings. The fourth-order valence-electron chi connectivity index (χ4n) is 3.97. The number of nitrogens with one attached hydrogen (secondary N) is 2. The van der Waals surface area contributed by atoms with Crippen molar-refractivity contribution in [3.05, 3.63) is 114 Å². The Kier molecular flexibility index (Phi) is 5.34. The molecule has 0 spiro atoms. The largest absolute Gasteiger partial charge is 0.338 e. The molecular formula is C28H25N3. The predicted octanol–water partition coefficient (Wildman–Crippen LogP) is 6.50. The van der Waals surface area contributed by atoms with Gasteiger partial charge in [-0.15, -0.1) is 0 Å². The second kappa shape index (κ2) is 8.58. The van der Waals surface area contributed by atoms with Crippen LogP contribution in [0.4, 0.5) is 0 Å². The molecule has 1 aromatic heterocycles. The average molecular weight is 404 g/mol. The fraction of sp³-hybridized carbons (Fsp3) is 0.107. The van der Waals surface area contributed by atoms with Crippen LogP contribution in [-0.4, -0.2) is 9.97 Å². The molecule has 31 heavy (non-hydrogen) atoms. The van der Waals surface area contributed by atoms with Gasteiger partial charge in [-0.3, -0.25) is 0 Å². The molecule has 4 aromatic carbocycles. The maximum absolute atomic E-state index is 4.84. The van der Waals surface area contributed by atoms with Gasteiger partial charge in [0.25, 0.3) is 0 Å². The SMILES string of the molecule is Cc1cccc2[nH]c(-c3cccc(-c4cccc(CNCc5ccccc5)c4)c3)nc12. The van der Waals surface area contributed by atoms with Gasteiger partial charge in [0.1, 0.15) is 5.82 Å². The van der Waals surface area contributed by atoms with E-state index in [1.807, 2.05) is 6.07 Å². The molecule has 0 radical (unpaired) electrons. The lowest BCUT2D eigenvalue weighted by Crippen LogP contribution is -2.12. The van der Waals surface area contributed by atoms with Crippen molar-refractivity contribution in [1.29, 1.82) is 0 Å². The number of rotatable bonds is 6. The highest BCUT2D eigenvalue weighted by molar-refractivity contribution is 5.83. The number of para-hydroxylation sites is 1. The zero-order valence-electron chi connectivity index (χ0n) is 17.6. The smallest absolute Gasteiger partial charge is 0.138 e. The van der Waals surface area contributed by atoms with E-state index >= 15 is 0 Å². The molecule has 0 aliphatic heterocycles. The second-order valence-electron chi connectivity index (χ2n) is 7.93. The Morgan fingerprint density at radius 1 is 0.677 bits per heavy atom. The lowest BCUT2D eigenvalue weighted by molar-refractivity contribution is 0.693. The first-order valence-corrected chi connectivity index (χ1v) is 10.7. The van der Waals surface area contributed by atoms with Crippen molar-refractivity contribution in [2.75, 3.05) is 0 Å². The first kappa shape index (κ1) is 19.3. The Bertz CT molecular complexity index is 1320. The van der Waals surface area contributed by atoms with Crippen molar-refractivity contribution in [2.45, 2.75) is 20.0 Å². The standard InChI is InChI=1S/C28H25N3/c1-20-8-5-15-26-27(20)31-28(30-26)25-14-7-13-24(17-25)23-12-6-11-22(16-23)19-29-18-21-9-3-2-4-10-21/h2-17,29H,18-19H2,1H3,(H,30,31). The zero-order valence-corrected chi connectivity index (χ0v) is 17.6. The van der Waals surface area contributed by atoms with Crippen molar-refractivity contribution in [3.8, 4) is 22.5 Å². The van der Waals surface area contributed by atoms with Gasteiger partial charge >= 0.3 is 0 Å². The van der Waals surface area contributed by atoms with E-state index in [0.29, 0.717) is 0 Å². The summed E-state index contributed by atoms with van der Waals surface area (Å²) in [5.41, 5.74) is 9.38. The molecule has 0 fully saturated rings. The van der Waals surface area contributed by atoms with Crippen LogP contribution in [0.1, 0.15) is 16.7 Å². The monoisotopic (exact) mass is 403 g/mol. The summed E-state index contributed by atoms with van der Waals surface area (Å²) in [6.45, 7) is 3.80. The molecule has 3 heteroatoms. The van der Waals surface area contributed by atoms with Crippen LogP contribution in [0.25, 0.3) is 33.5 Å². The highest BCUT2D eigenvalue weighted by atomic mass is 14.9. The van der Waals surface area contributed by atoms with E-state index in [4.69, 9.17) is 4.98 Å². The van der Waals surface area contributed by atoms with Gasteiger partial charge in [-0.2, -0.15) is 0 Å². The second-order valence-corrected chi connectivity index (χ2v) is 7.93. The number of aryl methyl sites for hydroxylation is 1. The third kappa shape index (κ3) is 4.27. The summed E-state index contributed by atoms with van der Waals surface area (Å²) in [6.07, 6.45) is 0. The van der Waals surface area contributed by atoms with Crippen molar-refractivity contribution >= 4 is 11.0 Å². The Morgan fingerprint density at radius 3 is 2.19 bits per heavy atom. The van der Waals surface area contributed by atoms with Crippen molar-refractivity contribution in [3.63, 3.8) is 0 Å². The molecule has 3 nitrogen and oxygen atoms in total. The summed E-state index contributed by atoms with van der Waals surface area (Å²) in [6, 6.07) is 34.1. The lowest BCUT2D eigenvalue weighted by Gasteiger charge is -2.09. The van der Waals surface area contributed by atoms with Crippen LogP contribution in [-0.2, 0) is 13.1 Å². The van der Waals surface area contributed by atoms with E-state index < -0.39 is 0 Å². The van der Waals surface area contributed by atoms with Crippen LogP contribution in [0.2, 0.25) is 0 Å². The molecular weight excluding hydrogens is 378 g/mol. The number of imidazole rings is 1. The summed E-state index contributed by atoms with van der Waals surface area (Å²) in [5.74, 6) is 0.909. The van der Waals surface area contributed by atoms with Gasteiger partial charge in [-0.1, -0.05) is 78.9 Å². The maximum atomic E-state index is 4.84. The van der Waals surface area contributed by atoms with Crippen molar-refractivity contribution in [1.82, 2.24) is 15.3 Å². The normalized spacial score (nSPS) is 11.1. The summed E-state index contributed by atoms with van der Waals surface area (Å²) >= 11 is 0. The van der Waals surface area contributed by atoms with E-state index in [1.165, 1.54) is 27.8 Å². The number of fused-ring (bicyclic) bond motifs is 1. The van der Waals surface area contributed by atoms with Gasteiger partial charge in [0.2, 0.25) is 0 Å². The molecule has 152 valence electrons. The highest BCUT2D eigenvalue weighted by Gasteiger charge is 2.08. The predicted molar refractivity (Wildman–Crippen MR) is 129 cm³/mol. The highest BCUT2D eigenvalue weighted by Crippen LogP contribution is 2.27. The van der Waals surface area contributed by atoms with Crippen LogP contribution in [0.5, 0.6) is 0 Å². The Balaban J connectivity index is 1.36. The topological polar surface area (TPSA) is 40.7 Å². The first-order valence-electron chi connectivity index (χ1n) is 10.7. The molecule has 0 saturated heterocycles. The first-order chi connectivity index (χ1) is 15.3. The van der Waals surface area contributed by atoms with Crippen LogP contribution in [0.3, 0.4) is 0 Å². The molecule has 0 bridgehead atoms. The third-order valence-corrected chi connectivity index (χ3v) is 5.61. The molecule has 0 atom stereocenters. The molecule has 1 heterocycles. The number of benzene rings is 4. The zero-order chi connectivity index (χ0) is 21.0. The third-order valence-electron chi connectivity index (χ3n) is 5.61. The van der Waals surface area contributed by atoms with E-state index in [0.717, 1.165) is 35.5 Å². The average Bonchev–Trinajstić information content (AvgIpc) is 3.26. The molecule has 0 amide bonds. The number of H-pyrrole nitrogens is 1. The van der Waals surface area contributed by atoms with Gasteiger partial charge in [0.15, 0.2) is 0 Å². The number of nitrogens with zero attached hydrogens (tertiary/aromatic N) is 1. The minimum absolute atomic E-state index is 0.839. The minimum Gasteiger partial charge on any atom is -0.338 e. The van der Waals surface area contributed by atoms with E-state index in [2.05, 4.69) is 108 Å². The number of hydrogen-bond acceptors (Lipinski definition) is 2. The quantitative estimate of drug-likeness (QED) is 0.340. The van der Waals surface area contributed by atoms with Crippen molar-refractivity contribution < 1.29 is 0 Å². The Hall–Kier alpha value is -3.69. The summed E-state index contributed by atoms with van der Waals surface area (Å²) in [4.78, 5) is 8.30. The van der Waals surface area contributed by atoms with Gasteiger partial charge < -0.3 is 10.3 Å². The fourth-order valence-corrected chi connectivity index (χ4v) is 3.97. The molecule has 0 aliphatic rings. The summed E-state index contributed by atoms with van der Waals surface area (Å²) in [5, 5.41) is 3.54. The van der Waals surface area contributed by atoms with Crippen LogP contribution in [0, 0.1) is 6.92 Å². The van der Waals surface area contributed by atoms with Gasteiger partial charge in [-0.25, -0.2) is 4.98 Å².